The molecule has 0 atom stereocenters. The maximum Gasteiger partial charge on any atom is 0.235 e. The summed E-state index contributed by atoms with van der Waals surface area (Å²) in [6.45, 7) is 0. The summed E-state index contributed by atoms with van der Waals surface area (Å²) in [7, 11) is 0. The summed E-state index contributed by atoms with van der Waals surface area (Å²) < 4.78 is 6.66. The molecule has 3 rings (SSSR count). The lowest BCUT2D eigenvalue weighted by atomic mass is 10.2. The van der Waals surface area contributed by atoms with Crippen LogP contribution >= 0.6 is 22.6 Å². The fourth-order valence-corrected chi connectivity index (χ4v) is 2.15. The quantitative estimate of drug-likeness (QED) is 0.559. The first kappa shape index (κ1) is 12.1. The van der Waals surface area contributed by atoms with Gasteiger partial charge in [-0.15, -0.1) is 0 Å². The zero-order valence-electron chi connectivity index (χ0n) is 9.75. The summed E-state index contributed by atoms with van der Waals surface area (Å²) in [6, 6.07) is 7.36. The normalized spacial score (nSPS) is 10.6. The summed E-state index contributed by atoms with van der Waals surface area (Å²) >= 11 is 2.13. The third-order valence-electron chi connectivity index (χ3n) is 2.60. The van der Waals surface area contributed by atoms with E-state index in [1.165, 1.54) is 6.33 Å². The van der Waals surface area contributed by atoms with Crippen LogP contribution in [0.4, 0.5) is 5.69 Å². The number of benzene rings is 1. The molecule has 0 amide bonds. The molecule has 6 heteroatoms. The number of nitrogens with two attached hydrogens (primary N) is 1. The van der Waals surface area contributed by atoms with Gasteiger partial charge in [0.1, 0.15) is 12.1 Å². The van der Waals surface area contributed by atoms with Crippen LogP contribution in [-0.2, 0) is 0 Å². The van der Waals surface area contributed by atoms with Gasteiger partial charge in [0.05, 0.1) is 14.8 Å². The van der Waals surface area contributed by atoms with Crippen LogP contribution in [0.2, 0.25) is 0 Å². The Morgan fingerprint density at radius 3 is 2.89 bits per heavy atom. The number of anilines is 1. The molecule has 0 aliphatic heterocycles. The minimum absolute atomic E-state index is 0.519. The molecule has 0 saturated carbocycles. The molecule has 2 N–H and O–H groups in total. The monoisotopic (exact) mass is 364 g/mol. The van der Waals surface area contributed by atoms with Gasteiger partial charge in [0.15, 0.2) is 0 Å². The van der Waals surface area contributed by atoms with E-state index in [0.717, 1.165) is 14.5 Å². The minimum atomic E-state index is 0.519. The summed E-state index contributed by atoms with van der Waals surface area (Å²) in [6.07, 6.45) is 4.85. The second kappa shape index (κ2) is 4.96. The number of ether oxygens (including phenoxy) is 1. The Morgan fingerprint density at radius 1 is 1.16 bits per heavy atom. The van der Waals surface area contributed by atoms with Crippen LogP contribution in [0.3, 0.4) is 0 Å². The SMILES string of the molecule is Nc1ccc(Oc2ncncc2I)c2cccnc12. The number of nitrogens with zero attached hydrogens (tertiary/aromatic N) is 3. The van der Waals surface area contributed by atoms with Gasteiger partial charge in [-0.25, -0.2) is 9.97 Å². The third-order valence-corrected chi connectivity index (χ3v) is 3.34. The van der Waals surface area contributed by atoms with Gasteiger partial charge in [-0.05, 0) is 46.9 Å². The topological polar surface area (TPSA) is 73.9 Å². The summed E-state index contributed by atoms with van der Waals surface area (Å²) in [5.74, 6) is 1.19. The van der Waals surface area contributed by atoms with Crippen molar-refractivity contribution in [3.05, 3.63) is 46.6 Å². The zero-order valence-corrected chi connectivity index (χ0v) is 11.9. The molecule has 0 aliphatic rings. The smallest absolute Gasteiger partial charge is 0.235 e. The van der Waals surface area contributed by atoms with E-state index in [-0.39, 0.29) is 0 Å². The van der Waals surface area contributed by atoms with Crippen molar-refractivity contribution in [3.63, 3.8) is 0 Å². The maximum atomic E-state index is 5.90. The van der Waals surface area contributed by atoms with Crippen LogP contribution < -0.4 is 10.5 Å². The molecule has 3 aromatic rings. The van der Waals surface area contributed by atoms with E-state index >= 15 is 0 Å². The van der Waals surface area contributed by atoms with Crippen molar-refractivity contribution in [1.29, 1.82) is 0 Å². The Kier molecular flexibility index (Phi) is 3.16. The lowest BCUT2D eigenvalue weighted by molar-refractivity contribution is 0.462. The molecular formula is C13H9IN4O. The summed E-state index contributed by atoms with van der Waals surface area (Å²) in [5, 5.41) is 0.858. The van der Waals surface area contributed by atoms with Crippen LogP contribution in [0.15, 0.2) is 43.0 Å². The van der Waals surface area contributed by atoms with Gasteiger partial charge in [0.25, 0.3) is 0 Å². The number of fused-ring (bicyclic) bond motifs is 1. The van der Waals surface area contributed by atoms with Gasteiger partial charge in [0, 0.05) is 17.8 Å². The molecule has 2 heterocycles. The molecule has 5 nitrogen and oxygen atoms in total. The predicted octanol–water partition coefficient (Wildman–Crippen LogP) is 3.00. The first-order valence-corrected chi connectivity index (χ1v) is 6.60. The standard InChI is InChI=1S/C13H9IN4O/c14-9-6-16-7-18-13(9)19-11-4-3-10(15)12-8(11)2-1-5-17-12/h1-7H,15H2. The van der Waals surface area contributed by atoms with Crippen molar-refractivity contribution in [2.75, 3.05) is 5.73 Å². The second-order valence-corrected chi connectivity index (χ2v) is 4.99. The van der Waals surface area contributed by atoms with E-state index in [1.807, 2.05) is 18.2 Å². The largest absolute Gasteiger partial charge is 0.437 e. The number of aromatic nitrogens is 3. The van der Waals surface area contributed by atoms with Crippen molar-refractivity contribution in [3.8, 4) is 11.6 Å². The highest BCUT2D eigenvalue weighted by Crippen LogP contribution is 2.32. The van der Waals surface area contributed by atoms with Gasteiger partial charge in [-0.1, -0.05) is 0 Å². The highest BCUT2D eigenvalue weighted by molar-refractivity contribution is 14.1. The second-order valence-electron chi connectivity index (χ2n) is 3.83. The number of hydrogen-bond donors (Lipinski definition) is 1. The van der Waals surface area contributed by atoms with E-state index in [1.54, 1.807) is 18.5 Å². The van der Waals surface area contributed by atoms with Crippen molar-refractivity contribution < 1.29 is 4.74 Å². The average molecular weight is 364 g/mol. The van der Waals surface area contributed by atoms with Gasteiger partial charge in [-0.3, -0.25) is 4.98 Å². The molecule has 1 aromatic carbocycles. The number of nitrogen functional groups attached to an aromatic ring is 1. The molecule has 0 unspecified atom stereocenters. The maximum absolute atomic E-state index is 5.90. The highest BCUT2D eigenvalue weighted by atomic mass is 127. The molecule has 2 aromatic heterocycles. The first-order valence-electron chi connectivity index (χ1n) is 5.52. The van der Waals surface area contributed by atoms with Crippen molar-refractivity contribution in [1.82, 2.24) is 15.0 Å². The van der Waals surface area contributed by atoms with Crippen LogP contribution in [0, 0.1) is 3.57 Å². The fourth-order valence-electron chi connectivity index (χ4n) is 1.74. The number of rotatable bonds is 2. The minimum Gasteiger partial charge on any atom is -0.437 e. The van der Waals surface area contributed by atoms with E-state index in [2.05, 4.69) is 37.5 Å². The van der Waals surface area contributed by atoms with Gasteiger partial charge in [-0.2, -0.15) is 0 Å². The van der Waals surface area contributed by atoms with Crippen molar-refractivity contribution in [2.45, 2.75) is 0 Å². The van der Waals surface area contributed by atoms with E-state index in [4.69, 9.17) is 10.5 Å². The van der Waals surface area contributed by atoms with E-state index < -0.39 is 0 Å². The predicted molar refractivity (Wildman–Crippen MR) is 81.0 cm³/mol. The van der Waals surface area contributed by atoms with Crippen LogP contribution in [0.5, 0.6) is 11.6 Å². The number of hydrogen-bond acceptors (Lipinski definition) is 5. The molecule has 0 spiro atoms. The number of pyridine rings is 1. The van der Waals surface area contributed by atoms with Gasteiger partial charge in [0.2, 0.25) is 5.88 Å². The lowest BCUT2D eigenvalue weighted by Gasteiger charge is -2.09. The van der Waals surface area contributed by atoms with Crippen LogP contribution in [-0.4, -0.2) is 15.0 Å². The van der Waals surface area contributed by atoms with Crippen molar-refractivity contribution in [2.24, 2.45) is 0 Å². The third kappa shape index (κ3) is 2.30. The Morgan fingerprint density at radius 2 is 2.05 bits per heavy atom. The molecule has 0 aliphatic carbocycles. The van der Waals surface area contributed by atoms with E-state index in [9.17, 15) is 0 Å². The lowest BCUT2D eigenvalue weighted by Crippen LogP contribution is -1.95. The molecule has 0 bridgehead atoms. The Hall–Kier alpha value is -1.96. The van der Waals surface area contributed by atoms with E-state index in [0.29, 0.717) is 17.3 Å². The number of halogens is 1. The van der Waals surface area contributed by atoms with Gasteiger partial charge >= 0.3 is 0 Å². The molecule has 0 radical (unpaired) electrons. The average Bonchev–Trinajstić information content (AvgIpc) is 2.44. The molecule has 0 saturated heterocycles. The fraction of sp³-hybridized carbons (Fsp3) is 0. The summed E-state index contributed by atoms with van der Waals surface area (Å²) in [5.41, 5.74) is 7.25. The van der Waals surface area contributed by atoms with Crippen molar-refractivity contribution >= 4 is 39.2 Å². The Balaban J connectivity index is 2.12. The molecule has 94 valence electrons. The Bertz CT molecular complexity index is 748. The van der Waals surface area contributed by atoms with Crippen LogP contribution in [0.25, 0.3) is 10.9 Å². The molecule has 0 fully saturated rings. The van der Waals surface area contributed by atoms with Gasteiger partial charge < -0.3 is 10.5 Å². The highest BCUT2D eigenvalue weighted by Gasteiger charge is 2.09. The summed E-state index contributed by atoms with van der Waals surface area (Å²) in [4.78, 5) is 12.3. The first-order chi connectivity index (χ1) is 9.25. The zero-order chi connectivity index (χ0) is 13.2. The van der Waals surface area contributed by atoms with Crippen LogP contribution in [0.1, 0.15) is 0 Å². The Labute approximate surface area is 123 Å². The molecular weight excluding hydrogens is 355 g/mol. The molecule has 19 heavy (non-hydrogen) atoms.